The van der Waals surface area contributed by atoms with Gasteiger partial charge in [0.1, 0.15) is 6.10 Å². The van der Waals surface area contributed by atoms with Gasteiger partial charge in [-0.3, -0.25) is 0 Å². The number of carbonyl (C=O) groups is 1. The van der Waals surface area contributed by atoms with Crippen molar-refractivity contribution in [2.45, 2.75) is 69.0 Å². The van der Waals surface area contributed by atoms with Crippen LogP contribution in [0.3, 0.4) is 0 Å². The summed E-state index contributed by atoms with van der Waals surface area (Å²) in [6, 6.07) is 13.5. The Morgan fingerprint density at radius 3 is 2.65 bits per heavy atom. The highest BCUT2D eigenvalue weighted by molar-refractivity contribution is 7.89. The summed E-state index contributed by atoms with van der Waals surface area (Å²) in [6.45, 7) is 3.12. The van der Waals surface area contributed by atoms with Gasteiger partial charge >= 0.3 is 6.09 Å². The van der Waals surface area contributed by atoms with Crippen LogP contribution in [0.1, 0.15) is 38.7 Å². The smallest absolute Gasteiger partial charge is 0.407 e. The molecular weight excluding hydrogens is 669 g/mol. The van der Waals surface area contributed by atoms with Crippen LogP contribution >= 0.6 is 7.82 Å². The molecule has 1 N–H and O–H groups in total. The molecule has 2 fully saturated rings. The van der Waals surface area contributed by atoms with Gasteiger partial charge in [-0.1, -0.05) is 44.2 Å². The molecule has 0 bridgehead atoms. The Hall–Kier alpha value is -3.26. The summed E-state index contributed by atoms with van der Waals surface area (Å²) in [5.41, 5.74) is -0.151. The number of sulfonamides is 1. The summed E-state index contributed by atoms with van der Waals surface area (Å²) in [7, 11) is -10.2. The van der Waals surface area contributed by atoms with Gasteiger partial charge in [0.15, 0.2) is 17.8 Å². The molecular formula is C31H38N3O12PS-2. The molecule has 5 atom stereocenters. The number of nitrogens with zero attached hydrogens (tertiary/aromatic N) is 2. The minimum Gasteiger partial charge on any atom is -0.790 e. The summed E-state index contributed by atoms with van der Waals surface area (Å²) >= 11 is 0. The highest BCUT2D eigenvalue weighted by Gasteiger charge is 2.44. The van der Waals surface area contributed by atoms with Crippen molar-refractivity contribution in [3.8, 4) is 17.6 Å². The lowest BCUT2D eigenvalue weighted by Crippen LogP contribution is -2.53. The third-order valence-corrected chi connectivity index (χ3v) is 10.8. The Bertz CT molecular complexity index is 1630. The normalized spacial score (nSPS) is 21.8. The number of phosphoric ester groups is 1. The summed E-state index contributed by atoms with van der Waals surface area (Å²) < 4.78 is 74.2. The predicted octanol–water partition coefficient (Wildman–Crippen LogP) is 2.05. The van der Waals surface area contributed by atoms with Gasteiger partial charge in [0.25, 0.3) is 0 Å². The molecule has 0 aliphatic carbocycles. The number of fused-ring (bicyclic) bond motifs is 2. The molecule has 0 aromatic heterocycles. The monoisotopic (exact) mass is 707 g/mol. The van der Waals surface area contributed by atoms with Gasteiger partial charge in [0.05, 0.1) is 50.1 Å². The van der Waals surface area contributed by atoms with E-state index < -0.39 is 60.4 Å². The number of rotatable bonds is 15. The summed E-state index contributed by atoms with van der Waals surface area (Å²) in [5.74, 6) is 0.369. The van der Waals surface area contributed by atoms with Crippen LogP contribution in [-0.2, 0) is 39.7 Å². The van der Waals surface area contributed by atoms with Crippen LogP contribution in [-0.4, -0.2) is 76.5 Å². The van der Waals surface area contributed by atoms with Gasteiger partial charge < -0.3 is 47.9 Å². The number of phosphoric acid groups is 1. The van der Waals surface area contributed by atoms with Crippen molar-refractivity contribution < 1.29 is 55.8 Å². The van der Waals surface area contributed by atoms with E-state index in [9.17, 15) is 32.8 Å². The summed E-state index contributed by atoms with van der Waals surface area (Å²) in [5, 5.41) is 11.9. The van der Waals surface area contributed by atoms with Crippen molar-refractivity contribution in [2.75, 3.05) is 33.1 Å². The van der Waals surface area contributed by atoms with Crippen molar-refractivity contribution in [3.05, 3.63) is 54.1 Å². The second-order valence-corrected chi connectivity index (χ2v) is 15.7. The average Bonchev–Trinajstić information content (AvgIpc) is 3.77. The maximum absolute atomic E-state index is 14.3. The zero-order valence-electron chi connectivity index (χ0n) is 26.5. The van der Waals surface area contributed by atoms with Crippen LogP contribution in [0.5, 0.6) is 11.5 Å². The lowest BCUT2D eigenvalue weighted by molar-refractivity contribution is -0.345. The van der Waals surface area contributed by atoms with Crippen molar-refractivity contribution in [2.24, 2.45) is 11.3 Å². The molecule has 17 heteroatoms. The van der Waals surface area contributed by atoms with Crippen LogP contribution in [0.15, 0.2) is 53.4 Å². The van der Waals surface area contributed by atoms with Crippen LogP contribution in [0, 0.1) is 22.7 Å². The fourth-order valence-corrected chi connectivity index (χ4v) is 8.20. The van der Waals surface area contributed by atoms with E-state index in [-0.39, 0.29) is 49.3 Å². The first-order chi connectivity index (χ1) is 22.7. The van der Waals surface area contributed by atoms with E-state index in [4.69, 9.17) is 28.2 Å². The average molecular weight is 708 g/mol. The van der Waals surface area contributed by atoms with E-state index in [1.807, 2.05) is 0 Å². The van der Waals surface area contributed by atoms with Crippen LogP contribution in [0.4, 0.5) is 4.79 Å². The fourth-order valence-electron chi connectivity index (χ4n) is 6.00. The number of amides is 1. The number of carbonyl (C=O) groups excluding carboxylic acids is 1. The first-order valence-corrected chi connectivity index (χ1v) is 18.4. The second-order valence-electron chi connectivity index (χ2n) is 12.6. The standard InChI is InChI=1S/C31H40N3O12PS/c1-31(2,12-6-13-32)19-34(48(39,40)22-9-10-25-26(16-22)44-20-43-25)17-27(46-47(36,37)38)24(15-21-7-4-3-5-8-21)33-30(35)45-28-18-42-29-23(28)11-14-41-29/h3-5,7-10,16,23-24,27-29H,6,11-12,14-15,17-20H2,1-2H3,(H,33,35)(H2,36,37,38)/p-2/t23-,24-,27+,28-,29+/m0/s1. The molecule has 0 saturated carbocycles. The minimum atomic E-state index is -5.76. The first kappa shape index (κ1) is 36.0. The van der Waals surface area contributed by atoms with Gasteiger partial charge in [-0.05, 0) is 42.4 Å². The molecule has 3 heterocycles. The van der Waals surface area contributed by atoms with Gasteiger partial charge in [0.2, 0.25) is 16.8 Å². The number of nitriles is 1. The molecule has 3 aliphatic rings. The van der Waals surface area contributed by atoms with Crippen molar-refractivity contribution in [1.29, 1.82) is 5.26 Å². The van der Waals surface area contributed by atoms with Gasteiger partial charge in [0, 0.05) is 25.6 Å². The molecule has 2 aromatic rings. The summed E-state index contributed by atoms with van der Waals surface area (Å²) in [6.07, 6.45) is -2.76. The molecule has 0 radical (unpaired) electrons. The molecule has 2 saturated heterocycles. The van der Waals surface area contributed by atoms with E-state index in [0.717, 1.165) is 4.31 Å². The van der Waals surface area contributed by atoms with E-state index in [1.165, 1.54) is 18.2 Å². The molecule has 48 heavy (non-hydrogen) atoms. The maximum Gasteiger partial charge on any atom is 0.407 e. The number of hydrogen-bond acceptors (Lipinski definition) is 13. The number of ether oxygens (including phenoxy) is 5. The lowest BCUT2D eigenvalue weighted by atomic mass is 9.88. The molecule has 0 unspecified atom stereocenters. The molecule has 15 nitrogen and oxygen atoms in total. The Morgan fingerprint density at radius 2 is 1.92 bits per heavy atom. The van der Waals surface area contributed by atoms with Crippen LogP contribution < -0.4 is 24.6 Å². The molecule has 5 rings (SSSR count). The topological polar surface area (TPSA) is 209 Å². The molecule has 3 aliphatic heterocycles. The van der Waals surface area contributed by atoms with Gasteiger partial charge in [-0.15, -0.1) is 0 Å². The third-order valence-electron chi connectivity index (χ3n) is 8.44. The fraction of sp³-hybridized carbons (Fsp3) is 0.548. The Kier molecular flexibility index (Phi) is 11.3. The Balaban J connectivity index is 1.48. The van der Waals surface area contributed by atoms with Crippen LogP contribution in [0.25, 0.3) is 0 Å². The number of alkyl carbamates (subject to hydrolysis) is 1. The summed E-state index contributed by atoms with van der Waals surface area (Å²) in [4.78, 5) is 37.5. The number of benzene rings is 2. The zero-order chi connectivity index (χ0) is 34.5. The second kappa shape index (κ2) is 15.1. The molecule has 0 spiro atoms. The molecule has 262 valence electrons. The predicted molar refractivity (Wildman–Crippen MR) is 164 cm³/mol. The highest BCUT2D eigenvalue weighted by Crippen LogP contribution is 2.37. The number of nitrogens with one attached hydrogen (secondary N) is 1. The van der Waals surface area contributed by atoms with Crippen molar-refractivity contribution >= 4 is 23.9 Å². The lowest BCUT2D eigenvalue weighted by Gasteiger charge is -2.40. The molecule has 2 aromatic carbocycles. The van der Waals surface area contributed by atoms with E-state index >= 15 is 0 Å². The molecule has 1 amide bonds. The van der Waals surface area contributed by atoms with Gasteiger partial charge in [-0.2, -0.15) is 9.57 Å². The van der Waals surface area contributed by atoms with Crippen LogP contribution in [0.2, 0.25) is 0 Å². The Labute approximate surface area is 279 Å². The van der Waals surface area contributed by atoms with Gasteiger partial charge in [-0.25, -0.2) is 13.2 Å². The maximum atomic E-state index is 14.3. The highest BCUT2D eigenvalue weighted by atomic mass is 32.2. The third kappa shape index (κ3) is 9.25. The largest absolute Gasteiger partial charge is 0.790 e. The van der Waals surface area contributed by atoms with E-state index in [1.54, 1.807) is 44.2 Å². The quantitative estimate of drug-likeness (QED) is 0.263. The first-order valence-electron chi connectivity index (χ1n) is 15.5. The zero-order valence-corrected chi connectivity index (χ0v) is 28.2. The van der Waals surface area contributed by atoms with Crippen molar-refractivity contribution in [1.82, 2.24) is 9.62 Å². The van der Waals surface area contributed by atoms with E-state index in [0.29, 0.717) is 30.8 Å². The van der Waals surface area contributed by atoms with Crippen molar-refractivity contribution in [3.63, 3.8) is 0 Å². The minimum absolute atomic E-state index is 0.0489. The SMILES string of the molecule is CC(C)(CCC#N)CN(C[C@@H](OP(=O)([O-])[O-])[C@H](Cc1ccccc1)NC(=O)O[C@H]1CO[C@H]2OCC[C@H]21)S(=O)(=O)c1ccc2c(c1)OCO2. The van der Waals surface area contributed by atoms with E-state index in [2.05, 4.69) is 11.4 Å². The number of hydrogen-bond donors (Lipinski definition) is 1. The Morgan fingerprint density at radius 1 is 1.17 bits per heavy atom.